The van der Waals surface area contributed by atoms with Gasteiger partial charge in [-0.15, -0.1) is 0 Å². The zero-order valence-electron chi connectivity index (χ0n) is 11.2. The van der Waals surface area contributed by atoms with Crippen LogP contribution in [0.25, 0.3) is 0 Å². The molecule has 2 aromatic rings. The van der Waals surface area contributed by atoms with Crippen LogP contribution in [0.15, 0.2) is 48.5 Å². The molecular weight excluding hydrogens is 281 g/mol. The van der Waals surface area contributed by atoms with E-state index < -0.39 is 19.0 Å². The van der Waals surface area contributed by atoms with Crippen LogP contribution < -0.4 is 10.6 Å². The molecule has 2 rings (SSSR count). The van der Waals surface area contributed by atoms with Gasteiger partial charge in [0.2, 0.25) is 0 Å². The van der Waals surface area contributed by atoms with Crippen LogP contribution in [-0.4, -0.2) is 6.10 Å². The summed E-state index contributed by atoms with van der Waals surface area (Å²) in [7, 11) is -3.35. The molecule has 0 spiro atoms. The van der Waals surface area contributed by atoms with Crippen LogP contribution in [0.3, 0.4) is 0 Å². The predicted molar refractivity (Wildman–Crippen MR) is 75.9 cm³/mol. The Labute approximate surface area is 116 Å². The van der Waals surface area contributed by atoms with E-state index in [1.165, 1.54) is 48.5 Å². The van der Waals surface area contributed by atoms with Gasteiger partial charge in [0.15, 0.2) is 0 Å². The minimum atomic E-state index is -3.35. The molecule has 0 heterocycles. The van der Waals surface area contributed by atoms with E-state index in [2.05, 4.69) is 0 Å². The van der Waals surface area contributed by atoms with E-state index >= 15 is 0 Å². The van der Waals surface area contributed by atoms with E-state index in [1.54, 1.807) is 13.8 Å². The molecule has 2 nitrogen and oxygen atoms in total. The van der Waals surface area contributed by atoms with Crippen LogP contribution in [0.5, 0.6) is 0 Å². The highest BCUT2D eigenvalue weighted by Crippen LogP contribution is 2.45. The SMILES string of the molecule is CC(C)OP(=O)(c1ccc(F)cc1)c1ccc(F)cc1. The lowest BCUT2D eigenvalue weighted by atomic mass is 10.3. The van der Waals surface area contributed by atoms with Crippen molar-refractivity contribution in [3.63, 3.8) is 0 Å². The highest BCUT2D eigenvalue weighted by molar-refractivity contribution is 7.74. The molecule has 0 saturated carbocycles. The van der Waals surface area contributed by atoms with Gasteiger partial charge in [-0.3, -0.25) is 4.57 Å². The van der Waals surface area contributed by atoms with E-state index in [4.69, 9.17) is 4.52 Å². The molecular formula is C15H15F2O2P. The molecule has 0 radical (unpaired) electrons. The van der Waals surface area contributed by atoms with Gasteiger partial charge in [-0.25, -0.2) is 8.78 Å². The van der Waals surface area contributed by atoms with Gasteiger partial charge in [-0.1, -0.05) is 0 Å². The summed E-state index contributed by atoms with van der Waals surface area (Å²) in [6, 6.07) is 10.7. The lowest BCUT2D eigenvalue weighted by molar-refractivity contribution is 0.254. The molecule has 0 aliphatic rings. The zero-order valence-corrected chi connectivity index (χ0v) is 12.1. The Morgan fingerprint density at radius 1 is 0.850 bits per heavy atom. The first-order chi connectivity index (χ1) is 9.41. The van der Waals surface area contributed by atoms with Crippen molar-refractivity contribution in [1.82, 2.24) is 0 Å². The van der Waals surface area contributed by atoms with Crippen LogP contribution in [0.1, 0.15) is 13.8 Å². The molecule has 0 saturated heterocycles. The van der Waals surface area contributed by atoms with Crippen molar-refractivity contribution in [3.05, 3.63) is 60.2 Å². The maximum absolute atomic E-state index is 13.2. The van der Waals surface area contributed by atoms with E-state index in [0.29, 0.717) is 10.6 Å². The first kappa shape index (κ1) is 14.9. The normalized spacial score (nSPS) is 11.8. The lowest BCUT2D eigenvalue weighted by Gasteiger charge is -2.21. The first-order valence-electron chi connectivity index (χ1n) is 6.22. The Hall–Kier alpha value is -1.51. The molecule has 0 aromatic heterocycles. The third-order valence-electron chi connectivity index (χ3n) is 2.69. The van der Waals surface area contributed by atoms with Crippen molar-refractivity contribution < 1.29 is 17.9 Å². The summed E-state index contributed by atoms with van der Waals surface area (Å²) < 4.78 is 44.8. The second kappa shape index (κ2) is 5.86. The fourth-order valence-corrected chi connectivity index (χ4v) is 4.06. The van der Waals surface area contributed by atoms with Crippen LogP contribution in [0.4, 0.5) is 8.78 Å². The van der Waals surface area contributed by atoms with E-state index in [1.807, 2.05) is 0 Å². The van der Waals surface area contributed by atoms with Gasteiger partial charge in [0.05, 0.1) is 6.10 Å². The molecule has 0 fully saturated rings. The maximum atomic E-state index is 13.2. The number of hydrogen-bond acceptors (Lipinski definition) is 2. The second-order valence-electron chi connectivity index (χ2n) is 4.66. The minimum Gasteiger partial charge on any atom is -0.319 e. The van der Waals surface area contributed by atoms with Crippen molar-refractivity contribution in [1.29, 1.82) is 0 Å². The Balaban J connectivity index is 2.53. The Morgan fingerprint density at radius 3 is 1.50 bits per heavy atom. The summed E-state index contributed by atoms with van der Waals surface area (Å²) in [5.41, 5.74) is 0. The molecule has 20 heavy (non-hydrogen) atoms. The average Bonchev–Trinajstić information content (AvgIpc) is 2.39. The number of hydrogen-bond donors (Lipinski definition) is 0. The smallest absolute Gasteiger partial charge is 0.261 e. The molecule has 0 aliphatic heterocycles. The summed E-state index contributed by atoms with van der Waals surface area (Å²) in [4.78, 5) is 0. The van der Waals surface area contributed by atoms with Crippen molar-refractivity contribution in [2.45, 2.75) is 20.0 Å². The third kappa shape index (κ3) is 3.14. The predicted octanol–water partition coefficient (Wildman–Crippen LogP) is 3.62. The second-order valence-corrected chi connectivity index (χ2v) is 7.01. The standard InChI is InChI=1S/C15H15F2O2P/c1-11(2)19-20(18,14-7-3-12(16)4-8-14)15-9-5-13(17)6-10-15/h3-11H,1-2H3. The average molecular weight is 296 g/mol. The van der Waals surface area contributed by atoms with Gasteiger partial charge in [0.25, 0.3) is 7.37 Å². The quantitative estimate of drug-likeness (QED) is 0.806. The van der Waals surface area contributed by atoms with E-state index in [0.717, 1.165) is 0 Å². The molecule has 0 N–H and O–H groups in total. The van der Waals surface area contributed by atoms with Crippen molar-refractivity contribution in [2.24, 2.45) is 0 Å². The summed E-state index contributed by atoms with van der Waals surface area (Å²) in [5.74, 6) is -0.826. The molecule has 5 heteroatoms. The number of halogens is 2. The Morgan fingerprint density at radius 2 is 1.20 bits per heavy atom. The van der Waals surface area contributed by atoms with Crippen LogP contribution in [0, 0.1) is 11.6 Å². The fraction of sp³-hybridized carbons (Fsp3) is 0.200. The molecule has 106 valence electrons. The maximum Gasteiger partial charge on any atom is 0.261 e. The summed E-state index contributed by atoms with van der Waals surface area (Å²) in [6.45, 7) is 3.53. The largest absolute Gasteiger partial charge is 0.319 e. The highest BCUT2D eigenvalue weighted by atomic mass is 31.2. The molecule has 0 amide bonds. The summed E-state index contributed by atoms with van der Waals surface area (Å²) in [5, 5.41) is 0.776. The van der Waals surface area contributed by atoms with Gasteiger partial charge in [0, 0.05) is 10.6 Å². The van der Waals surface area contributed by atoms with Crippen molar-refractivity contribution in [2.75, 3.05) is 0 Å². The number of rotatable bonds is 4. The highest BCUT2D eigenvalue weighted by Gasteiger charge is 2.29. The third-order valence-corrected chi connectivity index (χ3v) is 5.37. The fourth-order valence-electron chi connectivity index (χ4n) is 1.84. The van der Waals surface area contributed by atoms with Gasteiger partial charge >= 0.3 is 0 Å². The molecule has 0 atom stereocenters. The van der Waals surface area contributed by atoms with Crippen molar-refractivity contribution >= 4 is 18.0 Å². The summed E-state index contributed by atoms with van der Waals surface area (Å²) in [6.07, 6.45) is -0.282. The molecule has 0 aliphatic carbocycles. The monoisotopic (exact) mass is 296 g/mol. The van der Waals surface area contributed by atoms with Gasteiger partial charge in [0.1, 0.15) is 11.6 Å². The molecule has 0 unspecified atom stereocenters. The van der Waals surface area contributed by atoms with Crippen LogP contribution >= 0.6 is 7.37 Å². The first-order valence-corrected chi connectivity index (χ1v) is 7.85. The topological polar surface area (TPSA) is 26.3 Å². The van der Waals surface area contributed by atoms with E-state index in [-0.39, 0.29) is 6.10 Å². The minimum absolute atomic E-state index is 0.282. The Kier molecular flexibility index (Phi) is 4.36. The zero-order chi connectivity index (χ0) is 14.8. The van der Waals surface area contributed by atoms with Crippen LogP contribution in [-0.2, 0) is 9.09 Å². The lowest BCUT2D eigenvalue weighted by Crippen LogP contribution is -2.20. The van der Waals surface area contributed by atoms with E-state index in [9.17, 15) is 13.3 Å². The molecule has 0 bridgehead atoms. The van der Waals surface area contributed by atoms with Crippen LogP contribution in [0.2, 0.25) is 0 Å². The van der Waals surface area contributed by atoms with Gasteiger partial charge < -0.3 is 4.52 Å². The molecule has 2 aromatic carbocycles. The van der Waals surface area contributed by atoms with Gasteiger partial charge in [-0.2, -0.15) is 0 Å². The Bertz CT molecular complexity index is 572. The summed E-state index contributed by atoms with van der Waals surface area (Å²) >= 11 is 0. The van der Waals surface area contributed by atoms with Gasteiger partial charge in [-0.05, 0) is 62.4 Å². The van der Waals surface area contributed by atoms with Crippen molar-refractivity contribution in [3.8, 4) is 0 Å². The number of benzene rings is 2.